The highest BCUT2D eigenvalue weighted by Gasteiger charge is 1.90. The number of pyridine rings is 1. The van der Waals surface area contributed by atoms with Crippen LogP contribution in [0.2, 0.25) is 0 Å². The molecule has 0 bridgehead atoms. The molecule has 1 radical (unpaired) electrons. The Hall–Kier alpha value is -1.64. The normalized spacial score (nSPS) is 10.4. The first-order chi connectivity index (χ1) is 5.68. The number of carboxylic acids is 1. The van der Waals surface area contributed by atoms with Crippen molar-refractivity contribution in [2.24, 2.45) is 0 Å². The molecule has 3 nitrogen and oxygen atoms in total. The molecule has 0 spiro atoms. The van der Waals surface area contributed by atoms with E-state index in [9.17, 15) is 4.79 Å². The van der Waals surface area contributed by atoms with Crippen LogP contribution in [0.15, 0.2) is 18.3 Å². The number of carboxylic acid groups (broad SMARTS) is 1. The summed E-state index contributed by atoms with van der Waals surface area (Å²) in [4.78, 5) is 13.9. The van der Waals surface area contributed by atoms with Gasteiger partial charge in [-0.05, 0) is 30.2 Å². The maximum Gasteiger partial charge on any atom is 0.328 e. The lowest BCUT2D eigenvalue weighted by Crippen LogP contribution is -1.86. The molecular formula is C9H8NO2. The van der Waals surface area contributed by atoms with Crippen molar-refractivity contribution in [2.45, 2.75) is 6.92 Å². The van der Waals surface area contributed by atoms with Gasteiger partial charge < -0.3 is 5.11 Å². The highest BCUT2D eigenvalue weighted by atomic mass is 16.4. The molecule has 0 unspecified atom stereocenters. The fourth-order valence-electron chi connectivity index (χ4n) is 0.787. The Labute approximate surface area is 70.4 Å². The zero-order valence-electron chi connectivity index (χ0n) is 6.61. The number of rotatable bonds is 2. The fourth-order valence-corrected chi connectivity index (χ4v) is 0.787. The molecule has 0 atom stereocenters. The maximum absolute atomic E-state index is 10.1. The van der Waals surface area contributed by atoms with Crippen molar-refractivity contribution < 1.29 is 9.90 Å². The average Bonchev–Trinajstić information content (AvgIpc) is 2.01. The first-order valence-electron chi connectivity index (χ1n) is 3.44. The summed E-state index contributed by atoms with van der Waals surface area (Å²) in [6.45, 7) is 1.85. The molecule has 0 saturated carbocycles. The third-order valence-corrected chi connectivity index (χ3v) is 1.26. The van der Waals surface area contributed by atoms with Crippen LogP contribution >= 0.6 is 0 Å². The van der Waals surface area contributed by atoms with Crippen LogP contribution < -0.4 is 0 Å². The minimum atomic E-state index is -0.958. The summed E-state index contributed by atoms with van der Waals surface area (Å²) in [5, 5.41) is 8.33. The molecule has 1 N–H and O–H groups in total. The van der Waals surface area contributed by atoms with Crippen molar-refractivity contribution in [3.63, 3.8) is 0 Å². The van der Waals surface area contributed by atoms with Crippen LogP contribution in [0.1, 0.15) is 11.1 Å². The first-order valence-corrected chi connectivity index (χ1v) is 3.44. The minimum absolute atomic E-state index is 0.772. The van der Waals surface area contributed by atoms with Crippen molar-refractivity contribution >= 4 is 12.0 Å². The van der Waals surface area contributed by atoms with E-state index in [1.54, 1.807) is 6.20 Å². The lowest BCUT2D eigenvalue weighted by molar-refractivity contribution is -0.131. The van der Waals surface area contributed by atoms with Crippen molar-refractivity contribution in [1.29, 1.82) is 0 Å². The Morgan fingerprint density at radius 2 is 2.50 bits per heavy atom. The number of nitrogens with zero attached hydrogens (tertiary/aromatic N) is 1. The van der Waals surface area contributed by atoms with Crippen molar-refractivity contribution in [3.05, 3.63) is 35.7 Å². The van der Waals surface area contributed by atoms with Crippen LogP contribution in [-0.2, 0) is 4.79 Å². The van der Waals surface area contributed by atoms with Gasteiger partial charge in [-0.2, -0.15) is 0 Å². The molecule has 1 aromatic rings. The molecular weight excluding hydrogens is 154 g/mol. The molecule has 0 aliphatic rings. The Bertz CT molecular complexity index is 318. The fraction of sp³-hybridized carbons (Fsp3) is 0.111. The van der Waals surface area contributed by atoms with Gasteiger partial charge in [0.15, 0.2) is 0 Å². The summed E-state index contributed by atoms with van der Waals surface area (Å²) in [6, 6.07) is 1.81. The topological polar surface area (TPSA) is 50.2 Å². The molecule has 12 heavy (non-hydrogen) atoms. The van der Waals surface area contributed by atoms with Gasteiger partial charge in [-0.1, -0.05) is 0 Å². The Morgan fingerprint density at radius 3 is 3.08 bits per heavy atom. The number of hydrogen-bond acceptors (Lipinski definition) is 2. The molecule has 0 aliphatic heterocycles. The Morgan fingerprint density at radius 1 is 1.75 bits per heavy atom. The summed E-state index contributed by atoms with van der Waals surface area (Å²) >= 11 is 0. The summed E-state index contributed by atoms with van der Waals surface area (Å²) in [5.41, 5.74) is 1.66. The standard InChI is InChI=1S/C9H8NO2/c1-7-4-8(6-10-5-7)2-3-9(11)12/h2-4,6H,1H3,(H,11,12). The van der Waals surface area contributed by atoms with Crippen LogP contribution in [0, 0.1) is 13.1 Å². The van der Waals surface area contributed by atoms with Crippen LogP contribution in [-0.4, -0.2) is 16.1 Å². The second-order valence-electron chi connectivity index (χ2n) is 2.37. The third kappa shape index (κ3) is 2.54. The predicted octanol–water partition coefficient (Wildman–Crippen LogP) is 1.29. The molecule has 1 heterocycles. The molecule has 3 heteroatoms. The molecule has 0 fully saturated rings. The monoisotopic (exact) mass is 162 g/mol. The van der Waals surface area contributed by atoms with E-state index in [0.29, 0.717) is 0 Å². The molecule has 61 valence electrons. The summed E-state index contributed by atoms with van der Waals surface area (Å²) in [5.74, 6) is -0.958. The Kier molecular flexibility index (Phi) is 2.58. The largest absolute Gasteiger partial charge is 0.478 e. The molecule has 0 amide bonds. The molecule has 0 saturated heterocycles. The first kappa shape index (κ1) is 8.46. The number of hydrogen-bond donors (Lipinski definition) is 1. The smallest absolute Gasteiger partial charge is 0.328 e. The second-order valence-corrected chi connectivity index (χ2v) is 2.37. The van der Waals surface area contributed by atoms with E-state index in [2.05, 4.69) is 11.2 Å². The zero-order valence-corrected chi connectivity index (χ0v) is 6.61. The van der Waals surface area contributed by atoms with Crippen LogP contribution in [0.3, 0.4) is 0 Å². The quantitative estimate of drug-likeness (QED) is 0.666. The maximum atomic E-state index is 10.1. The average molecular weight is 162 g/mol. The SMILES string of the molecule is Cc1[c]ncc(C=CC(=O)O)c1. The molecule has 0 aromatic carbocycles. The molecule has 1 aromatic heterocycles. The van der Waals surface area contributed by atoms with E-state index in [0.717, 1.165) is 17.2 Å². The lowest BCUT2D eigenvalue weighted by Gasteiger charge is -1.92. The van der Waals surface area contributed by atoms with Gasteiger partial charge in [0.1, 0.15) is 0 Å². The summed E-state index contributed by atoms with van der Waals surface area (Å²) in [6.07, 6.45) is 6.87. The van der Waals surface area contributed by atoms with E-state index < -0.39 is 5.97 Å². The number of aromatic nitrogens is 1. The van der Waals surface area contributed by atoms with Crippen LogP contribution in [0.4, 0.5) is 0 Å². The van der Waals surface area contributed by atoms with Gasteiger partial charge in [-0.3, -0.25) is 4.98 Å². The number of carbonyl (C=O) groups is 1. The van der Waals surface area contributed by atoms with E-state index in [1.807, 2.05) is 13.0 Å². The number of aliphatic carboxylic acids is 1. The molecule has 0 aliphatic carbocycles. The van der Waals surface area contributed by atoms with Crippen molar-refractivity contribution in [2.75, 3.05) is 0 Å². The summed E-state index contributed by atoms with van der Waals surface area (Å²) < 4.78 is 0. The van der Waals surface area contributed by atoms with Gasteiger partial charge in [-0.15, -0.1) is 0 Å². The minimum Gasteiger partial charge on any atom is -0.478 e. The van der Waals surface area contributed by atoms with Crippen molar-refractivity contribution in [3.8, 4) is 0 Å². The summed E-state index contributed by atoms with van der Waals surface area (Å²) in [7, 11) is 0. The van der Waals surface area contributed by atoms with Crippen LogP contribution in [0.25, 0.3) is 6.08 Å². The zero-order chi connectivity index (χ0) is 8.97. The van der Waals surface area contributed by atoms with E-state index in [-0.39, 0.29) is 0 Å². The molecule has 1 rings (SSSR count). The van der Waals surface area contributed by atoms with E-state index in [4.69, 9.17) is 5.11 Å². The highest BCUT2D eigenvalue weighted by molar-refractivity contribution is 5.85. The van der Waals surface area contributed by atoms with Crippen LogP contribution in [0.5, 0.6) is 0 Å². The lowest BCUT2D eigenvalue weighted by atomic mass is 10.2. The second kappa shape index (κ2) is 3.67. The van der Waals surface area contributed by atoms with Gasteiger partial charge in [0, 0.05) is 12.3 Å². The highest BCUT2D eigenvalue weighted by Crippen LogP contribution is 2.02. The Balaban J connectivity index is 2.83. The van der Waals surface area contributed by atoms with Gasteiger partial charge >= 0.3 is 5.97 Å². The predicted molar refractivity (Wildman–Crippen MR) is 44.5 cm³/mol. The van der Waals surface area contributed by atoms with Gasteiger partial charge in [0.05, 0.1) is 6.20 Å². The van der Waals surface area contributed by atoms with Gasteiger partial charge in [0.25, 0.3) is 0 Å². The van der Waals surface area contributed by atoms with Gasteiger partial charge in [-0.25, -0.2) is 4.79 Å². The third-order valence-electron chi connectivity index (χ3n) is 1.26. The van der Waals surface area contributed by atoms with Crippen molar-refractivity contribution in [1.82, 2.24) is 4.98 Å². The van der Waals surface area contributed by atoms with E-state index >= 15 is 0 Å². The number of aryl methyl sites for hydroxylation is 1. The van der Waals surface area contributed by atoms with E-state index in [1.165, 1.54) is 6.08 Å². The van der Waals surface area contributed by atoms with Gasteiger partial charge in [0.2, 0.25) is 0 Å².